The van der Waals surface area contributed by atoms with Gasteiger partial charge in [-0.2, -0.15) is 0 Å². The quantitative estimate of drug-likeness (QED) is 0.433. The number of hydrogen-bond donors (Lipinski definition) is 2. The molecular weight excluding hydrogens is 298 g/mol. The van der Waals surface area contributed by atoms with Crippen molar-refractivity contribution in [2.75, 3.05) is 45.8 Å². The zero-order chi connectivity index (χ0) is 17.2. The molecule has 0 spiro atoms. The van der Waals surface area contributed by atoms with Gasteiger partial charge in [-0.05, 0) is 24.4 Å². The summed E-state index contributed by atoms with van der Waals surface area (Å²) in [6, 6.07) is 10.7. The zero-order valence-electron chi connectivity index (χ0n) is 15.2. The van der Waals surface area contributed by atoms with Gasteiger partial charge in [-0.1, -0.05) is 44.2 Å². The second-order valence-electron chi connectivity index (χ2n) is 7.00. The van der Waals surface area contributed by atoms with Crippen LogP contribution in [0.15, 0.2) is 35.3 Å². The lowest BCUT2D eigenvalue weighted by Crippen LogP contribution is -2.46. The maximum atomic E-state index is 5.85. The van der Waals surface area contributed by atoms with Crippen molar-refractivity contribution in [2.24, 2.45) is 16.6 Å². The smallest absolute Gasteiger partial charge is 0.188 e. The molecule has 1 saturated heterocycles. The van der Waals surface area contributed by atoms with Crippen LogP contribution in [0.3, 0.4) is 0 Å². The van der Waals surface area contributed by atoms with Crippen LogP contribution in [-0.2, 0) is 6.54 Å². The number of benzene rings is 1. The van der Waals surface area contributed by atoms with E-state index in [1.165, 1.54) is 5.56 Å². The molecular formula is C19H33N5. The Morgan fingerprint density at radius 1 is 1.12 bits per heavy atom. The van der Waals surface area contributed by atoms with E-state index in [0.29, 0.717) is 11.9 Å². The van der Waals surface area contributed by atoms with Crippen LogP contribution in [0.4, 0.5) is 0 Å². The van der Waals surface area contributed by atoms with E-state index >= 15 is 0 Å². The van der Waals surface area contributed by atoms with Gasteiger partial charge in [0.15, 0.2) is 5.96 Å². The van der Waals surface area contributed by atoms with Gasteiger partial charge < -0.3 is 16.0 Å². The maximum absolute atomic E-state index is 5.85. The Morgan fingerprint density at radius 2 is 1.79 bits per heavy atom. The standard InChI is InChI=1S/C19H33N5/c1-17(2)15-22-19(20)21-9-6-10-23-11-13-24(14-12-23)16-18-7-4-3-5-8-18/h3-5,7-8,17H,6,9-16H2,1-2H3,(H3,20,21,22). The molecule has 1 aromatic rings. The van der Waals surface area contributed by atoms with Crippen LogP contribution in [0.1, 0.15) is 25.8 Å². The first-order valence-corrected chi connectivity index (χ1v) is 9.16. The highest BCUT2D eigenvalue weighted by Crippen LogP contribution is 2.08. The fourth-order valence-electron chi connectivity index (χ4n) is 2.87. The predicted molar refractivity (Wildman–Crippen MR) is 102 cm³/mol. The third-order valence-electron chi connectivity index (χ3n) is 4.30. The van der Waals surface area contributed by atoms with E-state index in [4.69, 9.17) is 5.73 Å². The van der Waals surface area contributed by atoms with Crippen LogP contribution in [0, 0.1) is 5.92 Å². The molecule has 2 rings (SSSR count). The van der Waals surface area contributed by atoms with E-state index in [9.17, 15) is 0 Å². The summed E-state index contributed by atoms with van der Waals surface area (Å²) < 4.78 is 0. The lowest BCUT2D eigenvalue weighted by molar-refractivity contribution is 0.126. The Hall–Kier alpha value is -1.59. The van der Waals surface area contributed by atoms with Crippen molar-refractivity contribution in [3.8, 4) is 0 Å². The largest absolute Gasteiger partial charge is 0.370 e. The number of aliphatic imine (C=N–C) groups is 1. The number of hydrogen-bond acceptors (Lipinski definition) is 3. The zero-order valence-corrected chi connectivity index (χ0v) is 15.2. The summed E-state index contributed by atoms with van der Waals surface area (Å²) in [6.07, 6.45) is 1.11. The number of rotatable bonds is 8. The van der Waals surface area contributed by atoms with Crippen molar-refractivity contribution in [1.29, 1.82) is 0 Å². The minimum atomic E-state index is 0.553. The number of guanidine groups is 1. The molecule has 3 N–H and O–H groups in total. The second kappa shape index (κ2) is 10.3. The molecule has 0 saturated carbocycles. The van der Waals surface area contributed by atoms with Crippen molar-refractivity contribution >= 4 is 5.96 Å². The third kappa shape index (κ3) is 7.32. The van der Waals surface area contributed by atoms with Crippen LogP contribution < -0.4 is 11.1 Å². The molecule has 5 heteroatoms. The molecule has 0 radical (unpaired) electrons. The summed E-state index contributed by atoms with van der Waals surface area (Å²) in [4.78, 5) is 9.41. The Morgan fingerprint density at radius 3 is 2.46 bits per heavy atom. The van der Waals surface area contributed by atoms with E-state index in [1.807, 2.05) is 0 Å². The molecule has 0 aliphatic carbocycles. The van der Waals surface area contributed by atoms with Gasteiger partial charge in [0.25, 0.3) is 0 Å². The van der Waals surface area contributed by atoms with E-state index in [2.05, 4.69) is 64.3 Å². The number of piperazine rings is 1. The molecule has 1 aromatic carbocycles. The summed E-state index contributed by atoms with van der Waals surface area (Å²) in [5.74, 6) is 1.13. The highest BCUT2D eigenvalue weighted by atomic mass is 15.3. The molecule has 0 aromatic heterocycles. The Labute approximate surface area is 146 Å². The summed E-state index contributed by atoms with van der Waals surface area (Å²) in [6.45, 7) is 12.8. The monoisotopic (exact) mass is 331 g/mol. The molecule has 24 heavy (non-hydrogen) atoms. The lowest BCUT2D eigenvalue weighted by Gasteiger charge is -2.34. The first-order chi connectivity index (χ1) is 11.6. The SMILES string of the molecule is CC(C)CN=C(N)NCCCN1CCN(Cc2ccccc2)CC1. The fraction of sp³-hybridized carbons (Fsp3) is 0.632. The third-order valence-corrected chi connectivity index (χ3v) is 4.30. The number of nitrogens with two attached hydrogens (primary N) is 1. The molecule has 0 unspecified atom stereocenters. The summed E-state index contributed by atoms with van der Waals surface area (Å²) in [7, 11) is 0. The van der Waals surface area contributed by atoms with Gasteiger partial charge in [-0.15, -0.1) is 0 Å². The fourth-order valence-corrected chi connectivity index (χ4v) is 2.87. The van der Waals surface area contributed by atoms with Crippen molar-refractivity contribution in [3.63, 3.8) is 0 Å². The van der Waals surface area contributed by atoms with E-state index in [-0.39, 0.29) is 0 Å². The molecule has 1 heterocycles. The van der Waals surface area contributed by atoms with Gasteiger partial charge in [0, 0.05) is 45.8 Å². The Kier molecular flexibility index (Phi) is 8.05. The molecule has 0 bridgehead atoms. The molecule has 1 aliphatic heterocycles. The average molecular weight is 332 g/mol. The van der Waals surface area contributed by atoms with Gasteiger partial charge >= 0.3 is 0 Å². The normalized spacial score (nSPS) is 17.4. The number of nitrogens with one attached hydrogen (secondary N) is 1. The molecule has 1 aliphatic rings. The van der Waals surface area contributed by atoms with Crippen LogP contribution in [0.25, 0.3) is 0 Å². The van der Waals surface area contributed by atoms with Gasteiger partial charge in [-0.25, -0.2) is 0 Å². The topological polar surface area (TPSA) is 56.9 Å². The maximum Gasteiger partial charge on any atom is 0.188 e. The molecule has 5 nitrogen and oxygen atoms in total. The van der Waals surface area contributed by atoms with Gasteiger partial charge in [0.1, 0.15) is 0 Å². The van der Waals surface area contributed by atoms with Crippen molar-refractivity contribution in [2.45, 2.75) is 26.8 Å². The summed E-state index contributed by atoms with van der Waals surface area (Å²) in [5.41, 5.74) is 7.26. The summed E-state index contributed by atoms with van der Waals surface area (Å²) in [5, 5.41) is 3.21. The first kappa shape index (κ1) is 18.7. The average Bonchev–Trinajstić information content (AvgIpc) is 2.59. The van der Waals surface area contributed by atoms with Gasteiger partial charge in [0.2, 0.25) is 0 Å². The molecule has 1 fully saturated rings. The van der Waals surface area contributed by atoms with Crippen LogP contribution in [-0.4, -0.2) is 61.6 Å². The molecule has 0 atom stereocenters. The molecule has 134 valence electrons. The van der Waals surface area contributed by atoms with E-state index in [0.717, 1.165) is 58.8 Å². The Bertz CT molecular complexity index is 478. The first-order valence-electron chi connectivity index (χ1n) is 9.16. The highest BCUT2D eigenvalue weighted by Gasteiger charge is 2.16. The van der Waals surface area contributed by atoms with E-state index in [1.54, 1.807) is 0 Å². The van der Waals surface area contributed by atoms with Crippen LogP contribution in [0.5, 0.6) is 0 Å². The second-order valence-corrected chi connectivity index (χ2v) is 7.00. The van der Waals surface area contributed by atoms with Crippen molar-refractivity contribution < 1.29 is 0 Å². The minimum Gasteiger partial charge on any atom is -0.370 e. The summed E-state index contributed by atoms with van der Waals surface area (Å²) >= 11 is 0. The van der Waals surface area contributed by atoms with Gasteiger partial charge in [-0.3, -0.25) is 9.89 Å². The van der Waals surface area contributed by atoms with Crippen molar-refractivity contribution in [3.05, 3.63) is 35.9 Å². The van der Waals surface area contributed by atoms with E-state index < -0.39 is 0 Å². The van der Waals surface area contributed by atoms with Crippen LogP contribution in [0.2, 0.25) is 0 Å². The minimum absolute atomic E-state index is 0.553. The number of nitrogens with zero attached hydrogens (tertiary/aromatic N) is 3. The Balaban J connectivity index is 1.56. The molecule has 0 amide bonds. The highest BCUT2D eigenvalue weighted by molar-refractivity contribution is 5.77. The van der Waals surface area contributed by atoms with Crippen molar-refractivity contribution in [1.82, 2.24) is 15.1 Å². The van der Waals surface area contributed by atoms with Gasteiger partial charge in [0.05, 0.1) is 0 Å². The predicted octanol–water partition coefficient (Wildman–Crippen LogP) is 1.75. The van der Waals surface area contributed by atoms with Crippen LogP contribution >= 0.6 is 0 Å². The lowest BCUT2D eigenvalue weighted by atomic mass is 10.2.